The van der Waals surface area contributed by atoms with Crippen LogP contribution in [0.1, 0.15) is 25.0 Å². The molecule has 0 amide bonds. The summed E-state index contributed by atoms with van der Waals surface area (Å²) in [6.07, 6.45) is 0. The molecule has 0 saturated carbocycles. The minimum Gasteiger partial charge on any atom is -0.311 e. The molecule has 0 unspecified atom stereocenters. The minimum atomic E-state index is -0.244. The molecule has 97 heavy (non-hydrogen) atoms. The minimum absolute atomic E-state index is 0.0151. The van der Waals surface area contributed by atoms with E-state index in [4.69, 9.17) is 24.9 Å². The van der Waals surface area contributed by atoms with E-state index >= 15 is 0 Å². The Morgan fingerprint density at radius 2 is 0.773 bits per heavy atom. The van der Waals surface area contributed by atoms with Gasteiger partial charge in [0.1, 0.15) is 0 Å². The Kier molecular flexibility index (Phi) is 12.9. The summed E-state index contributed by atoms with van der Waals surface area (Å²) in [4.78, 5) is 32.5. The highest BCUT2D eigenvalue weighted by atomic mass is 15.2. The fourth-order valence-electron chi connectivity index (χ4n) is 15.5. The third-order valence-electron chi connectivity index (χ3n) is 20.0. The lowest BCUT2D eigenvalue weighted by Gasteiger charge is -2.44. The zero-order valence-corrected chi connectivity index (χ0v) is 53.3. The van der Waals surface area contributed by atoms with E-state index in [1.807, 2.05) is 30.3 Å². The second-order valence-corrected chi connectivity index (χ2v) is 25.9. The molecule has 0 spiro atoms. The zero-order valence-electron chi connectivity index (χ0n) is 53.3. The number of aromatic nitrogens is 6. The number of para-hydroxylation sites is 5. The van der Waals surface area contributed by atoms with Crippen LogP contribution < -0.4 is 26.2 Å². The van der Waals surface area contributed by atoms with Crippen LogP contribution in [0.15, 0.2) is 322 Å². The summed E-state index contributed by atoms with van der Waals surface area (Å²) < 4.78 is 2.42. The van der Waals surface area contributed by atoms with E-state index < -0.39 is 0 Å². The Bertz CT molecular complexity index is 5650. The van der Waals surface area contributed by atoms with Crippen LogP contribution in [-0.4, -0.2) is 36.2 Å². The van der Waals surface area contributed by atoms with Gasteiger partial charge in [0.05, 0.1) is 28.1 Å². The van der Waals surface area contributed by atoms with Gasteiger partial charge in [0.2, 0.25) is 0 Å². The second kappa shape index (κ2) is 22.3. The average Bonchev–Trinajstić information content (AvgIpc) is 1.42. The molecule has 0 saturated heterocycles. The molecule has 9 heteroatoms. The van der Waals surface area contributed by atoms with Gasteiger partial charge in [-0.3, -0.25) is 0 Å². The van der Waals surface area contributed by atoms with E-state index in [1.54, 1.807) is 0 Å². The molecule has 454 valence electrons. The van der Waals surface area contributed by atoms with Gasteiger partial charge < -0.3 is 14.4 Å². The van der Waals surface area contributed by atoms with E-state index in [0.717, 1.165) is 112 Å². The number of benzene rings is 13. The summed E-state index contributed by atoms with van der Waals surface area (Å²) in [5.41, 5.74) is 27.6. The quantitative estimate of drug-likeness (QED) is 0.126. The maximum Gasteiger partial charge on any atom is 0.252 e. The van der Waals surface area contributed by atoms with Gasteiger partial charge in [-0.25, -0.2) is 24.9 Å². The molecule has 0 atom stereocenters. The van der Waals surface area contributed by atoms with E-state index in [1.165, 1.54) is 44.0 Å². The lowest BCUT2D eigenvalue weighted by Crippen LogP contribution is -2.61. The maximum atomic E-state index is 5.72. The summed E-state index contributed by atoms with van der Waals surface area (Å²) in [5.74, 6) is 2.17. The van der Waals surface area contributed by atoms with E-state index in [9.17, 15) is 0 Å². The predicted molar refractivity (Wildman–Crippen MR) is 399 cm³/mol. The number of fused-ring (bicyclic) bond motifs is 10. The molecule has 13 aromatic carbocycles. The predicted octanol–water partition coefficient (Wildman–Crippen LogP) is 19.8. The van der Waals surface area contributed by atoms with Crippen LogP contribution in [0.4, 0.5) is 34.1 Å². The van der Waals surface area contributed by atoms with Crippen LogP contribution in [0.5, 0.6) is 0 Å². The second-order valence-electron chi connectivity index (χ2n) is 25.9. The Hall–Kier alpha value is -12.6. The molecule has 0 radical (unpaired) electrons. The molecule has 2 aliphatic heterocycles. The summed E-state index contributed by atoms with van der Waals surface area (Å²) in [5, 5.41) is 2.32. The van der Waals surface area contributed by atoms with Crippen LogP contribution in [0.3, 0.4) is 0 Å². The smallest absolute Gasteiger partial charge is 0.252 e. The van der Waals surface area contributed by atoms with E-state index in [-0.39, 0.29) is 12.1 Å². The van der Waals surface area contributed by atoms with Gasteiger partial charge in [0.25, 0.3) is 6.71 Å². The number of rotatable bonds is 10. The highest BCUT2D eigenvalue weighted by Crippen LogP contribution is 2.52. The Balaban J connectivity index is 0.847. The van der Waals surface area contributed by atoms with Crippen molar-refractivity contribution < 1.29 is 0 Å². The molecular formula is C88H59BN8. The van der Waals surface area contributed by atoms with Gasteiger partial charge in [-0.05, 0) is 147 Å². The molecule has 5 heterocycles. The van der Waals surface area contributed by atoms with Gasteiger partial charge in [-0.1, -0.05) is 238 Å². The highest BCUT2D eigenvalue weighted by molar-refractivity contribution is 7.00. The van der Waals surface area contributed by atoms with Gasteiger partial charge in [-0.2, -0.15) is 0 Å². The molecule has 1 aliphatic carbocycles. The van der Waals surface area contributed by atoms with E-state index in [2.05, 4.69) is 319 Å². The number of nitrogens with zero attached hydrogens (tertiary/aromatic N) is 8. The lowest BCUT2D eigenvalue weighted by molar-refractivity contribution is 0.661. The van der Waals surface area contributed by atoms with Gasteiger partial charge in [0, 0.05) is 83.7 Å². The van der Waals surface area contributed by atoms with Crippen molar-refractivity contribution in [3.63, 3.8) is 0 Å². The van der Waals surface area contributed by atoms with Crippen LogP contribution in [-0.2, 0) is 5.41 Å². The van der Waals surface area contributed by atoms with Crippen molar-refractivity contribution in [2.75, 3.05) is 9.80 Å². The first-order chi connectivity index (χ1) is 47.9. The van der Waals surface area contributed by atoms with Gasteiger partial charge in [0.15, 0.2) is 23.3 Å². The van der Waals surface area contributed by atoms with Crippen molar-refractivity contribution >= 4 is 79.0 Å². The van der Waals surface area contributed by atoms with Crippen LogP contribution in [0.25, 0.3) is 118 Å². The fraction of sp³-hybridized carbons (Fsp3) is 0.0341. The summed E-state index contributed by atoms with van der Waals surface area (Å²) >= 11 is 0. The molecule has 16 aromatic rings. The summed E-state index contributed by atoms with van der Waals surface area (Å²) in [6, 6.07) is 115. The largest absolute Gasteiger partial charge is 0.311 e. The molecule has 8 nitrogen and oxygen atoms in total. The third kappa shape index (κ3) is 9.11. The number of hydrogen-bond acceptors (Lipinski definition) is 7. The first kappa shape index (κ1) is 56.0. The van der Waals surface area contributed by atoms with Crippen LogP contribution in [0, 0.1) is 0 Å². The molecule has 0 bridgehead atoms. The van der Waals surface area contributed by atoms with Crippen molar-refractivity contribution in [3.05, 3.63) is 333 Å². The number of hydrogen-bond donors (Lipinski definition) is 0. The zero-order chi connectivity index (χ0) is 64.3. The fourth-order valence-corrected chi connectivity index (χ4v) is 15.5. The summed E-state index contributed by atoms with van der Waals surface area (Å²) in [7, 11) is 0. The molecule has 0 N–H and O–H groups in total. The first-order valence-corrected chi connectivity index (χ1v) is 33.2. The van der Waals surface area contributed by atoms with Crippen LogP contribution >= 0.6 is 0 Å². The third-order valence-corrected chi connectivity index (χ3v) is 20.0. The molecule has 0 fully saturated rings. The molecule has 3 aliphatic rings. The van der Waals surface area contributed by atoms with Gasteiger partial charge in [-0.15, -0.1) is 0 Å². The monoisotopic (exact) mass is 1240 g/mol. The average molecular weight is 1240 g/mol. The Morgan fingerprint density at radius 3 is 1.41 bits per heavy atom. The Morgan fingerprint density at radius 1 is 0.278 bits per heavy atom. The van der Waals surface area contributed by atoms with Crippen molar-refractivity contribution in [3.8, 4) is 96.0 Å². The summed E-state index contributed by atoms with van der Waals surface area (Å²) in [6.45, 7) is 4.69. The van der Waals surface area contributed by atoms with Crippen molar-refractivity contribution in [1.82, 2.24) is 29.5 Å². The Labute approximate surface area is 562 Å². The SMILES string of the molecule is CC1(C)c2ccccc2-c2cc3c4ccccc4n(-c4ccc(-c5nc(-c6ccccc6)cc(-c6ccccc6)n5)cc4-c4nc(-c5ccccc5)nc(-c5cccc(-c6cc7c8c(c6)N(c6ccccc6)c6ccccc6B8c6ccccc6N7c6ccccc6)c5)n4)c3cc21. The lowest BCUT2D eigenvalue weighted by atomic mass is 9.33. The normalized spacial score (nSPS) is 13.1. The van der Waals surface area contributed by atoms with Crippen molar-refractivity contribution in [2.45, 2.75) is 19.3 Å². The van der Waals surface area contributed by atoms with E-state index in [0.29, 0.717) is 23.3 Å². The first-order valence-electron chi connectivity index (χ1n) is 33.2. The standard InChI is InChI=1S/C88H59BN8/c1-88(2)70-41-20-18-39-65(70)67-53-68-66-40-19-23-44-76(66)97(80(68)54-71(67)88)77-48-47-61(85-90-74(56-27-8-3-9-28-56)55-75(91-85)57-29-10-4-11-30-57)50-69(77)87-93-84(58-31-12-5-13-32-58)92-86(94-87)60-34-26-33-59(49-60)62-51-81-83-82(52-62)96(64-37-16-7-17-38-64)79-46-25-22-43-73(79)89(83)72-42-21-24-45-78(72)95(81)63-35-14-6-15-36-63/h3-55H,1-2H3. The maximum absolute atomic E-state index is 5.72. The highest BCUT2D eigenvalue weighted by Gasteiger charge is 2.44. The van der Waals surface area contributed by atoms with Crippen molar-refractivity contribution in [1.29, 1.82) is 0 Å². The molecular weight excluding hydrogens is 1180 g/mol. The molecule has 19 rings (SSSR count). The topological polar surface area (TPSA) is 75.9 Å². The van der Waals surface area contributed by atoms with Crippen LogP contribution in [0.2, 0.25) is 0 Å². The van der Waals surface area contributed by atoms with Gasteiger partial charge >= 0.3 is 0 Å². The number of anilines is 6. The van der Waals surface area contributed by atoms with Crippen molar-refractivity contribution in [2.24, 2.45) is 0 Å². The molecule has 3 aromatic heterocycles.